The first-order chi connectivity index (χ1) is 17.9. The van der Waals surface area contributed by atoms with Crippen molar-refractivity contribution in [2.75, 3.05) is 19.6 Å². The van der Waals surface area contributed by atoms with E-state index in [2.05, 4.69) is 17.0 Å². The van der Waals surface area contributed by atoms with Crippen LogP contribution in [0.3, 0.4) is 0 Å². The average molecular weight is 498 g/mol. The molecule has 3 aromatic carbocycles. The number of benzene rings is 3. The van der Waals surface area contributed by atoms with Crippen LogP contribution in [-0.2, 0) is 17.9 Å². The third-order valence-corrected chi connectivity index (χ3v) is 7.32. The topological polar surface area (TPSA) is 53.1 Å². The normalized spacial score (nSPS) is 17.7. The van der Waals surface area contributed by atoms with Gasteiger partial charge >= 0.3 is 6.03 Å². The Labute approximate surface area is 219 Å². The first kappa shape index (κ1) is 25.0. The molecule has 0 atom stereocenters. The lowest BCUT2D eigenvalue weighted by Crippen LogP contribution is -2.56. The molecule has 2 aliphatic rings. The Morgan fingerprint density at radius 1 is 0.784 bits per heavy atom. The van der Waals surface area contributed by atoms with Crippen LogP contribution >= 0.6 is 0 Å². The van der Waals surface area contributed by atoms with Gasteiger partial charge in [0.05, 0.1) is 0 Å². The molecule has 0 bridgehead atoms. The van der Waals surface area contributed by atoms with E-state index in [1.165, 1.54) is 10.5 Å². The van der Waals surface area contributed by atoms with Gasteiger partial charge in [0, 0.05) is 32.7 Å². The van der Waals surface area contributed by atoms with Crippen LogP contribution < -0.4 is 4.74 Å². The van der Waals surface area contributed by atoms with Crippen LogP contribution in [0.25, 0.3) is 0 Å². The van der Waals surface area contributed by atoms with Gasteiger partial charge in [-0.3, -0.25) is 14.6 Å². The van der Waals surface area contributed by atoms with Crippen LogP contribution in [0.5, 0.6) is 11.5 Å². The largest absolute Gasteiger partial charge is 0.457 e. The maximum atomic E-state index is 13.7. The van der Waals surface area contributed by atoms with E-state index in [0.717, 1.165) is 36.7 Å². The lowest BCUT2D eigenvalue weighted by atomic mass is 9.85. The summed E-state index contributed by atoms with van der Waals surface area (Å²) in [5, 5.41) is 0. The zero-order chi connectivity index (χ0) is 25.8. The minimum atomic E-state index is -0.767. The number of carbonyl (C=O) groups is 2. The van der Waals surface area contributed by atoms with Crippen molar-refractivity contribution in [3.63, 3.8) is 0 Å². The molecule has 2 saturated heterocycles. The van der Waals surface area contributed by atoms with Crippen molar-refractivity contribution in [3.05, 3.63) is 96.1 Å². The number of rotatable bonds is 8. The lowest BCUT2D eigenvalue weighted by Gasteiger charge is -2.42. The molecule has 3 aromatic rings. The summed E-state index contributed by atoms with van der Waals surface area (Å²) in [6.07, 6.45) is 1.28. The highest BCUT2D eigenvalue weighted by Crippen LogP contribution is 2.39. The minimum absolute atomic E-state index is 0.0277. The molecule has 37 heavy (non-hydrogen) atoms. The van der Waals surface area contributed by atoms with E-state index in [0.29, 0.717) is 25.9 Å². The highest BCUT2D eigenvalue weighted by molar-refractivity contribution is 6.07. The van der Waals surface area contributed by atoms with Gasteiger partial charge in [0.25, 0.3) is 5.91 Å². The van der Waals surface area contributed by atoms with Crippen molar-refractivity contribution in [1.29, 1.82) is 0 Å². The molecule has 6 heteroatoms. The van der Waals surface area contributed by atoms with E-state index in [-0.39, 0.29) is 17.9 Å². The summed E-state index contributed by atoms with van der Waals surface area (Å²) in [6, 6.07) is 27.8. The van der Waals surface area contributed by atoms with Crippen molar-refractivity contribution in [1.82, 2.24) is 14.7 Å². The Morgan fingerprint density at radius 3 is 2.08 bits per heavy atom. The van der Waals surface area contributed by atoms with Crippen LogP contribution in [0, 0.1) is 5.92 Å². The second kappa shape index (κ2) is 10.8. The van der Waals surface area contributed by atoms with Gasteiger partial charge in [-0.05, 0) is 54.2 Å². The molecule has 1 spiro atoms. The van der Waals surface area contributed by atoms with E-state index in [1.54, 1.807) is 0 Å². The van der Waals surface area contributed by atoms with Gasteiger partial charge < -0.3 is 9.64 Å². The molecule has 2 fully saturated rings. The number of amides is 3. The highest BCUT2D eigenvalue weighted by Gasteiger charge is 2.57. The highest BCUT2D eigenvalue weighted by atomic mass is 16.5. The predicted molar refractivity (Wildman–Crippen MR) is 144 cm³/mol. The third-order valence-electron chi connectivity index (χ3n) is 7.32. The number of piperidine rings is 1. The maximum absolute atomic E-state index is 13.7. The zero-order valence-electron chi connectivity index (χ0n) is 21.7. The monoisotopic (exact) mass is 497 g/mol. The third kappa shape index (κ3) is 5.39. The maximum Gasteiger partial charge on any atom is 0.327 e. The second-order valence-corrected chi connectivity index (χ2v) is 10.5. The molecular weight excluding hydrogens is 462 g/mol. The first-order valence-electron chi connectivity index (χ1n) is 13.2. The molecule has 192 valence electrons. The van der Waals surface area contributed by atoms with Crippen molar-refractivity contribution in [2.24, 2.45) is 5.92 Å². The van der Waals surface area contributed by atoms with Gasteiger partial charge in [-0.15, -0.1) is 0 Å². The van der Waals surface area contributed by atoms with Crippen LogP contribution in [-0.4, -0.2) is 51.8 Å². The number of urea groups is 1. The van der Waals surface area contributed by atoms with E-state index in [4.69, 9.17) is 4.74 Å². The molecule has 2 heterocycles. The fourth-order valence-corrected chi connectivity index (χ4v) is 5.45. The summed E-state index contributed by atoms with van der Waals surface area (Å²) in [4.78, 5) is 32.9. The molecule has 0 aromatic heterocycles. The number of hydrogen-bond donors (Lipinski definition) is 0. The molecule has 6 nitrogen and oxygen atoms in total. The molecule has 2 aliphatic heterocycles. The van der Waals surface area contributed by atoms with Gasteiger partial charge in [-0.2, -0.15) is 0 Å². The first-order valence-corrected chi connectivity index (χ1v) is 13.2. The van der Waals surface area contributed by atoms with Crippen molar-refractivity contribution >= 4 is 11.9 Å². The fourth-order valence-electron chi connectivity index (χ4n) is 5.45. The van der Waals surface area contributed by atoms with Gasteiger partial charge in [-0.1, -0.05) is 74.5 Å². The van der Waals surface area contributed by atoms with Crippen LogP contribution in [0.4, 0.5) is 4.79 Å². The Bertz CT molecular complexity index is 1220. The fraction of sp³-hybridized carbons (Fsp3) is 0.355. The molecule has 5 rings (SSSR count). The van der Waals surface area contributed by atoms with Crippen molar-refractivity contribution in [2.45, 2.75) is 45.3 Å². The number of likely N-dealkylation sites (tertiary alicyclic amines) is 1. The van der Waals surface area contributed by atoms with Crippen molar-refractivity contribution in [3.8, 4) is 11.5 Å². The molecule has 0 saturated carbocycles. The molecule has 0 N–H and O–H groups in total. The Balaban J connectivity index is 1.29. The predicted octanol–water partition coefficient (Wildman–Crippen LogP) is 5.93. The van der Waals surface area contributed by atoms with Crippen LogP contribution in [0.2, 0.25) is 0 Å². The summed E-state index contributed by atoms with van der Waals surface area (Å²) in [6.45, 7) is 7.30. The van der Waals surface area contributed by atoms with Crippen LogP contribution in [0.1, 0.15) is 37.8 Å². The molecule has 0 unspecified atom stereocenters. The molecular formula is C31H35N3O3. The standard InChI is InChI=1S/C31H35N3O3/c1-24(2)21-33-29(35)31(34(30(33)36)23-25-10-5-3-6-11-25)16-18-32(19-17-31)22-26-12-9-15-28(20-26)37-27-13-7-4-8-14-27/h3-15,20,24H,16-19,21-23H2,1-2H3. The number of nitrogens with zero attached hydrogens (tertiary/aromatic N) is 3. The number of carbonyl (C=O) groups excluding carboxylic acids is 2. The van der Waals surface area contributed by atoms with Gasteiger partial charge in [0.2, 0.25) is 0 Å². The van der Waals surface area contributed by atoms with E-state index < -0.39 is 5.54 Å². The Hall–Kier alpha value is -3.64. The number of hydrogen-bond acceptors (Lipinski definition) is 4. The summed E-state index contributed by atoms with van der Waals surface area (Å²) >= 11 is 0. The van der Waals surface area contributed by atoms with Gasteiger partial charge in [0.15, 0.2) is 0 Å². The lowest BCUT2D eigenvalue weighted by molar-refractivity contribution is -0.136. The molecule has 0 aliphatic carbocycles. The van der Waals surface area contributed by atoms with Crippen LogP contribution in [0.15, 0.2) is 84.9 Å². The quantitative estimate of drug-likeness (QED) is 0.362. The summed E-state index contributed by atoms with van der Waals surface area (Å²) < 4.78 is 6.01. The van der Waals surface area contributed by atoms with Gasteiger partial charge in [-0.25, -0.2) is 4.79 Å². The summed E-state index contributed by atoms with van der Waals surface area (Å²) in [5.41, 5.74) is 1.45. The Morgan fingerprint density at radius 2 is 1.41 bits per heavy atom. The second-order valence-electron chi connectivity index (χ2n) is 10.5. The average Bonchev–Trinajstić information content (AvgIpc) is 3.08. The number of para-hydroxylation sites is 1. The summed E-state index contributed by atoms with van der Waals surface area (Å²) in [7, 11) is 0. The number of imide groups is 1. The Kier molecular flexibility index (Phi) is 7.28. The number of ether oxygens (including phenoxy) is 1. The molecule has 3 amide bonds. The smallest absolute Gasteiger partial charge is 0.327 e. The van der Waals surface area contributed by atoms with E-state index in [1.807, 2.05) is 91.5 Å². The van der Waals surface area contributed by atoms with Crippen molar-refractivity contribution < 1.29 is 14.3 Å². The molecule has 0 radical (unpaired) electrons. The SMILES string of the molecule is CC(C)CN1C(=O)N(Cc2ccccc2)C2(CCN(Cc3cccc(Oc4ccccc4)c3)CC2)C1=O. The van der Waals surface area contributed by atoms with E-state index >= 15 is 0 Å². The minimum Gasteiger partial charge on any atom is -0.457 e. The van der Waals surface area contributed by atoms with E-state index in [9.17, 15) is 9.59 Å². The summed E-state index contributed by atoms with van der Waals surface area (Å²) in [5.74, 6) is 1.83. The van der Waals surface area contributed by atoms with Gasteiger partial charge in [0.1, 0.15) is 17.0 Å². The zero-order valence-corrected chi connectivity index (χ0v) is 21.7.